The second kappa shape index (κ2) is 8.80. The fourth-order valence-corrected chi connectivity index (χ4v) is 4.34. The zero-order valence-corrected chi connectivity index (χ0v) is 17.5. The predicted molar refractivity (Wildman–Crippen MR) is 108 cm³/mol. The lowest BCUT2D eigenvalue weighted by Crippen LogP contribution is -2.49. The Balaban J connectivity index is 2.11. The van der Waals surface area contributed by atoms with E-state index in [1.807, 2.05) is 39.5 Å². The third-order valence-electron chi connectivity index (χ3n) is 4.49. The quantitative estimate of drug-likeness (QED) is 0.821. The zero-order chi connectivity index (χ0) is 19.4. The lowest BCUT2D eigenvalue weighted by molar-refractivity contribution is -0.130. The van der Waals surface area contributed by atoms with Gasteiger partial charge in [0.1, 0.15) is 5.37 Å². The summed E-state index contributed by atoms with van der Waals surface area (Å²) in [6.07, 6.45) is 0. The van der Waals surface area contributed by atoms with Crippen molar-refractivity contribution in [3.63, 3.8) is 0 Å². The molecule has 1 aliphatic heterocycles. The number of hydrogen-bond acceptors (Lipinski definition) is 3. The molecule has 2 rings (SSSR count). The summed E-state index contributed by atoms with van der Waals surface area (Å²) in [6, 6.07) is 8.45. The van der Waals surface area contributed by atoms with Crippen molar-refractivity contribution in [1.29, 1.82) is 0 Å². The van der Waals surface area contributed by atoms with Crippen LogP contribution in [-0.2, 0) is 4.79 Å². The maximum atomic E-state index is 12.7. The van der Waals surface area contributed by atoms with Crippen LogP contribution in [0, 0.1) is 6.92 Å². The predicted octanol–water partition coefficient (Wildman–Crippen LogP) is 3.79. The van der Waals surface area contributed by atoms with Crippen LogP contribution in [-0.4, -0.2) is 52.2 Å². The Morgan fingerprint density at radius 1 is 1.23 bits per heavy atom. The molecular weight excluding hydrogens is 346 g/mol. The summed E-state index contributed by atoms with van der Waals surface area (Å²) < 4.78 is 0. The smallest absolute Gasteiger partial charge is 0.317 e. The number of nitrogens with zero attached hydrogens (tertiary/aromatic N) is 2. The van der Waals surface area contributed by atoms with Gasteiger partial charge in [-0.15, -0.1) is 11.8 Å². The minimum atomic E-state index is -0.0748. The van der Waals surface area contributed by atoms with Crippen molar-refractivity contribution in [2.75, 3.05) is 13.1 Å². The van der Waals surface area contributed by atoms with Gasteiger partial charge in [-0.3, -0.25) is 4.79 Å². The van der Waals surface area contributed by atoms with Crippen molar-refractivity contribution < 1.29 is 9.59 Å². The number of hydrogen-bond donors (Lipinski definition) is 1. The SMILES string of the molecule is Cc1ccc([C@H]2S[C@@H](C)C(=O)N2CCN(C(=O)NC(C)C)C(C)C)cc1. The van der Waals surface area contributed by atoms with E-state index >= 15 is 0 Å². The molecule has 1 N–H and O–H groups in total. The van der Waals surface area contributed by atoms with Crippen molar-refractivity contribution in [3.8, 4) is 0 Å². The first-order valence-corrected chi connectivity index (χ1v) is 10.2. The number of thioether (sulfide) groups is 1. The molecular formula is C20H31N3O2S. The van der Waals surface area contributed by atoms with Gasteiger partial charge in [0.2, 0.25) is 5.91 Å². The van der Waals surface area contributed by atoms with Crippen LogP contribution in [0.15, 0.2) is 24.3 Å². The minimum Gasteiger partial charge on any atom is -0.336 e. The molecule has 0 bridgehead atoms. The summed E-state index contributed by atoms with van der Waals surface area (Å²) in [5.41, 5.74) is 2.35. The topological polar surface area (TPSA) is 52.7 Å². The molecule has 0 spiro atoms. The molecule has 1 fully saturated rings. The molecule has 0 saturated carbocycles. The van der Waals surface area contributed by atoms with E-state index in [1.165, 1.54) is 5.56 Å². The Kier molecular flexibility index (Phi) is 6.98. The van der Waals surface area contributed by atoms with Gasteiger partial charge >= 0.3 is 6.03 Å². The molecule has 1 aromatic carbocycles. The second-order valence-corrected chi connectivity index (χ2v) is 8.89. The third-order valence-corrected chi connectivity index (χ3v) is 5.88. The number of urea groups is 1. The van der Waals surface area contributed by atoms with Crippen molar-refractivity contribution in [3.05, 3.63) is 35.4 Å². The Labute approximate surface area is 161 Å². The van der Waals surface area contributed by atoms with E-state index in [9.17, 15) is 9.59 Å². The van der Waals surface area contributed by atoms with Crippen LogP contribution in [0.5, 0.6) is 0 Å². The van der Waals surface area contributed by atoms with Gasteiger partial charge in [-0.2, -0.15) is 0 Å². The molecule has 1 saturated heterocycles. The van der Waals surface area contributed by atoms with Gasteiger partial charge in [0.05, 0.1) is 5.25 Å². The van der Waals surface area contributed by atoms with E-state index in [2.05, 4.69) is 36.5 Å². The van der Waals surface area contributed by atoms with Crippen LogP contribution in [0.25, 0.3) is 0 Å². The first kappa shape index (κ1) is 20.6. The maximum Gasteiger partial charge on any atom is 0.317 e. The first-order valence-electron chi connectivity index (χ1n) is 9.30. The average Bonchev–Trinajstić information content (AvgIpc) is 2.83. The van der Waals surface area contributed by atoms with Crippen LogP contribution in [0.3, 0.4) is 0 Å². The molecule has 26 heavy (non-hydrogen) atoms. The largest absolute Gasteiger partial charge is 0.336 e. The first-order chi connectivity index (χ1) is 12.2. The van der Waals surface area contributed by atoms with Crippen molar-refractivity contribution >= 4 is 23.7 Å². The number of aryl methyl sites for hydroxylation is 1. The number of benzene rings is 1. The van der Waals surface area contributed by atoms with Crippen molar-refractivity contribution in [2.24, 2.45) is 0 Å². The molecule has 0 aliphatic carbocycles. The van der Waals surface area contributed by atoms with Gasteiger partial charge in [-0.1, -0.05) is 29.8 Å². The number of amides is 3. The van der Waals surface area contributed by atoms with E-state index in [1.54, 1.807) is 16.7 Å². The molecule has 0 radical (unpaired) electrons. The molecule has 3 amide bonds. The van der Waals surface area contributed by atoms with Gasteiger partial charge in [0.25, 0.3) is 0 Å². The highest BCUT2D eigenvalue weighted by atomic mass is 32.2. The lowest BCUT2D eigenvalue weighted by Gasteiger charge is -2.31. The Bertz CT molecular complexity index is 630. The minimum absolute atomic E-state index is 0.0141. The Morgan fingerprint density at radius 3 is 2.38 bits per heavy atom. The summed E-state index contributed by atoms with van der Waals surface area (Å²) in [4.78, 5) is 28.8. The zero-order valence-electron chi connectivity index (χ0n) is 16.7. The van der Waals surface area contributed by atoms with Gasteiger partial charge in [-0.25, -0.2) is 4.79 Å². The van der Waals surface area contributed by atoms with E-state index in [0.29, 0.717) is 13.1 Å². The van der Waals surface area contributed by atoms with Crippen LogP contribution < -0.4 is 5.32 Å². The highest BCUT2D eigenvalue weighted by Gasteiger charge is 2.38. The van der Waals surface area contributed by atoms with Gasteiger partial charge in [0, 0.05) is 25.2 Å². The summed E-state index contributed by atoms with van der Waals surface area (Å²) in [6.45, 7) is 13.0. The summed E-state index contributed by atoms with van der Waals surface area (Å²) in [7, 11) is 0. The summed E-state index contributed by atoms with van der Waals surface area (Å²) in [5.74, 6) is 0.147. The molecule has 0 unspecified atom stereocenters. The van der Waals surface area contributed by atoms with E-state index in [-0.39, 0.29) is 34.6 Å². The molecule has 1 aliphatic rings. The number of rotatable bonds is 6. The highest BCUT2D eigenvalue weighted by molar-refractivity contribution is 8.01. The van der Waals surface area contributed by atoms with Gasteiger partial charge in [0.15, 0.2) is 0 Å². The van der Waals surface area contributed by atoms with E-state index < -0.39 is 0 Å². The van der Waals surface area contributed by atoms with Gasteiger partial charge in [-0.05, 0) is 47.1 Å². The number of nitrogens with one attached hydrogen (secondary N) is 1. The highest BCUT2D eigenvalue weighted by Crippen LogP contribution is 2.42. The molecule has 1 aromatic rings. The molecule has 1 heterocycles. The Morgan fingerprint density at radius 2 is 1.85 bits per heavy atom. The lowest BCUT2D eigenvalue weighted by atomic mass is 10.1. The fourth-order valence-electron chi connectivity index (χ4n) is 3.03. The van der Waals surface area contributed by atoms with E-state index in [4.69, 9.17) is 0 Å². The third kappa shape index (κ3) is 4.93. The normalized spacial score (nSPS) is 20.2. The molecule has 0 aromatic heterocycles. The monoisotopic (exact) mass is 377 g/mol. The van der Waals surface area contributed by atoms with Crippen LogP contribution >= 0.6 is 11.8 Å². The van der Waals surface area contributed by atoms with Crippen LogP contribution in [0.1, 0.15) is 51.1 Å². The van der Waals surface area contributed by atoms with Crippen molar-refractivity contribution in [1.82, 2.24) is 15.1 Å². The molecule has 2 atom stereocenters. The van der Waals surface area contributed by atoms with Crippen LogP contribution in [0.4, 0.5) is 4.79 Å². The second-order valence-electron chi connectivity index (χ2n) is 7.46. The standard InChI is InChI=1S/C20H31N3O2S/c1-13(2)21-20(25)22(14(3)4)11-12-23-18(24)16(6)26-19(23)17-9-7-15(5)8-10-17/h7-10,13-14,16,19H,11-12H2,1-6H3,(H,21,25)/t16-,19+/m0/s1. The van der Waals surface area contributed by atoms with Crippen LogP contribution in [0.2, 0.25) is 0 Å². The maximum absolute atomic E-state index is 12.7. The van der Waals surface area contributed by atoms with Crippen molar-refractivity contribution in [2.45, 2.75) is 64.2 Å². The summed E-state index contributed by atoms with van der Waals surface area (Å²) in [5, 5.41) is 2.90. The fraction of sp³-hybridized carbons (Fsp3) is 0.600. The number of carbonyl (C=O) groups is 2. The molecule has 144 valence electrons. The molecule has 6 heteroatoms. The Hall–Kier alpha value is -1.69. The van der Waals surface area contributed by atoms with Gasteiger partial charge < -0.3 is 15.1 Å². The summed E-state index contributed by atoms with van der Waals surface area (Å²) >= 11 is 1.68. The average molecular weight is 378 g/mol. The number of carbonyl (C=O) groups excluding carboxylic acids is 2. The van der Waals surface area contributed by atoms with E-state index in [0.717, 1.165) is 5.56 Å². The molecule has 5 nitrogen and oxygen atoms in total.